The lowest BCUT2D eigenvalue weighted by atomic mass is 10.0. The van der Waals surface area contributed by atoms with Gasteiger partial charge in [0.15, 0.2) is 5.69 Å². The predicted molar refractivity (Wildman–Crippen MR) is 74.8 cm³/mol. The molecule has 3 nitrogen and oxygen atoms in total. The minimum absolute atomic E-state index is 0.606. The van der Waals surface area contributed by atoms with Crippen LogP contribution in [-0.2, 0) is 13.0 Å². The average molecular weight is 251 g/mol. The number of imidazole rings is 1. The largest absolute Gasteiger partial charge is 0.327 e. The number of fused-ring (bicyclic) bond motifs is 1. The highest BCUT2D eigenvalue weighted by atomic mass is 15.1. The predicted octanol–water partition coefficient (Wildman–Crippen LogP) is 3.37. The van der Waals surface area contributed by atoms with Crippen LogP contribution in [0, 0.1) is 25.2 Å². The number of aryl methyl sites for hydroxylation is 2. The van der Waals surface area contributed by atoms with Gasteiger partial charge < -0.3 is 4.57 Å². The number of benzene rings is 1. The zero-order chi connectivity index (χ0) is 13.4. The Morgan fingerprint density at radius 3 is 2.84 bits per heavy atom. The van der Waals surface area contributed by atoms with Crippen molar-refractivity contribution in [2.45, 2.75) is 39.7 Å². The van der Waals surface area contributed by atoms with E-state index in [9.17, 15) is 5.26 Å². The van der Waals surface area contributed by atoms with Crippen LogP contribution in [0.4, 0.5) is 0 Å². The fourth-order valence-electron chi connectivity index (χ4n) is 2.90. The molecule has 0 atom stereocenters. The molecule has 19 heavy (non-hydrogen) atoms. The molecule has 0 bridgehead atoms. The molecule has 0 saturated heterocycles. The zero-order valence-electron chi connectivity index (χ0n) is 11.4. The lowest BCUT2D eigenvalue weighted by Crippen LogP contribution is -2.11. The molecule has 0 fully saturated rings. The molecule has 1 aromatic carbocycles. The van der Waals surface area contributed by atoms with E-state index in [1.165, 1.54) is 17.5 Å². The maximum Gasteiger partial charge on any atom is 0.162 e. The molecule has 0 saturated carbocycles. The summed E-state index contributed by atoms with van der Waals surface area (Å²) in [6.07, 6.45) is 3.31. The number of hydrogen-bond donors (Lipinski definition) is 0. The molecule has 0 N–H and O–H groups in total. The summed E-state index contributed by atoms with van der Waals surface area (Å²) < 4.78 is 2.24. The molecule has 0 unspecified atom stereocenters. The molecule has 3 heteroatoms. The molecule has 96 valence electrons. The SMILES string of the molecule is Cc1ccc(-c2nc(C#N)c3n2CCCC3)c(C)c1. The van der Waals surface area contributed by atoms with Gasteiger partial charge in [0.2, 0.25) is 0 Å². The van der Waals surface area contributed by atoms with Crippen molar-refractivity contribution in [2.24, 2.45) is 0 Å². The molecule has 1 aromatic heterocycles. The maximum absolute atomic E-state index is 9.24. The van der Waals surface area contributed by atoms with Gasteiger partial charge in [-0.05, 0) is 38.7 Å². The monoisotopic (exact) mass is 251 g/mol. The van der Waals surface area contributed by atoms with E-state index in [4.69, 9.17) is 0 Å². The Hall–Kier alpha value is -2.08. The van der Waals surface area contributed by atoms with Gasteiger partial charge in [-0.3, -0.25) is 0 Å². The van der Waals surface area contributed by atoms with Crippen molar-refractivity contribution >= 4 is 0 Å². The molecular weight excluding hydrogens is 234 g/mol. The van der Waals surface area contributed by atoms with E-state index < -0.39 is 0 Å². The van der Waals surface area contributed by atoms with Gasteiger partial charge in [-0.2, -0.15) is 5.26 Å². The molecule has 1 aliphatic rings. The van der Waals surface area contributed by atoms with Crippen molar-refractivity contribution in [3.8, 4) is 17.5 Å². The third-order valence-corrected chi connectivity index (χ3v) is 3.85. The molecule has 0 spiro atoms. The van der Waals surface area contributed by atoms with Gasteiger partial charge >= 0.3 is 0 Å². The highest BCUT2D eigenvalue weighted by molar-refractivity contribution is 5.63. The van der Waals surface area contributed by atoms with Crippen LogP contribution in [0.25, 0.3) is 11.4 Å². The van der Waals surface area contributed by atoms with E-state index in [-0.39, 0.29) is 0 Å². The molecule has 2 heterocycles. The quantitative estimate of drug-likeness (QED) is 0.779. The van der Waals surface area contributed by atoms with Crippen LogP contribution in [0.1, 0.15) is 35.4 Å². The first-order valence-electron chi connectivity index (χ1n) is 6.78. The molecule has 0 amide bonds. The summed E-state index contributed by atoms with van der Waals surface area (Å²) in [4.78, 5) is 4.57. The first kappa shape index (κ1) is 12.0. The highest BCUT2D eigenvalue weighted by Crippen LogP contribution is 2.29. The van der Waals surface area contributed by atoms with Crippen molar-refractivity contribution in [1.82, 2.24) is 9.55 Å². The summed E-state index contributed by atoms with van der Waals surface area (Å²) in [5.41, 5.74) is 5.35. The second-order valence-corrected chi connectivity index (χ2v) is 5.27. The highest BCUT2D eigenvalue weighted by Gasteiger charge is 2.21. The number of hydrogen-bond acceptors (Lipinski definition) is 2. The topological polar surface area (TPSA) is 41.6 Å². The molecule has 1 aliphatic heterocycles. The Bertz CT molecular complexity index is 674. The van der Waals surface area contributed by atoms with E-state index in [1.54, 1.807) is 0 Å². The Labute approximate surface area is 113 Å². The van der Waals surface area contributed by atoms with Crippen molar-refractivity contribution in [3.05, 3.63) is 40.7 Å². The van der Waals surface area contributed by atoms with Gasteiger partial charge in [-0.1, -0.05) is 23.8 Å². The third kappa shape index (κ3) is 1.94. The maximum atomic E-state index is 9.24. The van der Waals surface area contributed by atoms with E-state index >= 15 is 0 Å². The van der Waals surface area contributed by atoms with Gasteiger partial charge in [0, 0.05) is 12.1 Å². The minimum Gasteiger partial charge on any atom is -0.327 e. The summed E-state index contributed by atoms with van der Waals surface area (Å²) >= 11 is 0. The molecular formula is C16H17N3. The van der Waals surface area contributed by atoms with Crippen molar-refractivity contribution in [3.63, 3.8) is 0 Å². The van der Waals surface area contributed by atoms with E-state index in [2.05, 4.69) is 47.7 Å². The zero-order valence-corrected chi connectivity index (χ0v) is 11.4. The smallest absolute Gasteiger partial charge is 0.162 e. The van der Waals surface area contributed by atoms with Gasteiger partial charge in [-0.15, -0.1) is 0 Å². The van der Waals surface area contributed by atoms with Crippen molar-refractivity contribution in [2.75, 3.05) is 0 Å². The van der Waals surface area contributed by atoms with Crippen molar-refractivity contribution < 1.29 is 0 Å². The first-order chi connectivity index (χ1) is 9.20. The second-order valence-electron chi connectivity index (χ2n) is 5.27. The first-order valence-corrected chi connectivity index (χ1v) is 6.78. The number of nitriles is 1. The number of rotatable bonds is 1. The normalized spacial score (nSPS) is 13.9. The van der Waals surface area contributed by atoms with E-state index in [0.29, 0.717) is 5.69 Å². The number of aromatic nitrogens is 2. The fourth-order valence-corrected chi connectivity index (χ4v) is 2.90. The molecule has 2 aromatic rings. The Morgan fingerprint density at radius 1 is 1.26 bits per heavy atom. The standard InChI is InChI=1S/C16H17N3/c1-11-6-7-13(12(2)9-11)16-18-14(10-17)15-5-3-4-8-19(15)16/h6-7,9H,3-5,8H2,1-2H3. The number of nitrogens with zero attached hydrogens (tertiary/aromatic N) is 3. The van der Waals surface area contributed by atoms with Crippen LogP contribution in [0.5, 0.6) is 0 Å². The van der Waals surface area contributed by atoms with Crippen molar-refractivity contribution in [1.29, 1.82) is 5.26 Å². The summed E-state index contributed by atoms with van der Waals surface area (Å²) in [7, 11) is 0. The Kier molecular flexibility index (Phi) is 2.87. The summed E-state index contributed by atoms with van der Waals surface area (Å²) in [5, 5.41) is 9.24. The van der Waals surface area contributed by atoms with Crippen LogP contribution >= 0.6 is 0 Å². The molecule has 0 aliphatic carbocycles. The second kappa shape index (κ2) is 4.55. The average Bonchev–Trinajstić information content (AvgIpc) is 2.78. The van der Waals surface area contributed by atoms with Gasteiger partial charge in [-0.25, -0.2) is 4.98 Å². The van der Waals surface area contributed by atoms with E-state index in [0.717, 1.165) is 36.5 Å². The van der Waals surface area contributed by atoms with Gasteiger partial charge in [0.1, 0.15) is 11.9 Å². The lowest BCUT2D eigenvalue weighted by molar-refractivity contribution is 0.535. The van der Waals surface area contributed by atoms with Gasteiger partial charge in [0.05, 0.1) is 5.69 Å². The summed E-state index contributed by atoms with van der Waals surface area (Å²) in [6, 6.07) is 8.65. The van der Waals surface area contributed by atoms with Crippen LogP contribution in [0.2, 0.25) is 0 Å². The minimum atomic E-state index is 0.606. The molecule has 0 radical (unpaired) electrons. The van der Waals surface area contributed by atoms with E-state index in [1.807, 2.05) is 0 Å². The van der Waals surface area contributed by atoms with Crippen LogP contribution in [0.3, 0.4) is 0 Å². The summed E-state index contributed by atoms with van der Waals surface area (Å²) in [5.74, 6) is 0.962. The van der Waals surface area contributed by atoms with Crippen LogP contribution in [0.15, 0.2) is 18.2 Å². The van der Waals surface area contributed by atoms with Crippen LogP contribution < -0.4 is 0 Å². The lowest BCUT2D eigenvalue weighted by Gasteiger charge is -2.17. The summed E-state index contributed by atoms with van der Waals surface area (Å²) in [6.45, 7) is 5.18. The molecule has 3 rings (SSSR count). The van der Waals surface area contributed by atoms with Crippen LogP contribution in [-0.4, -0.2) is 9.55 Å². The Morgan fingerprint density at radius 2 is 2.11 bits per heavy atom. The Balaban J connectivity index is 2.20. The van der Waals surface area contributed by atoms with Gasteiger partial charge in [0.25, 0.3) is 0 Å². The third-order valence-electron chi connectivity index (χ3n) is 3.85. The fraction of sp³-hybridized carbons (Fsp3) is 0.375.